The normalized spacial score (nSPS) is 10.7. The van der Waals surface area contributed by atoms with Gasteiger partial charge < -0.3 is 0 Å². The van der Waals surface area contributed by atoms with Crippen molar-refractivity contribution in [1.82, 2.24) is 19.1 Å². The highest BCUT2D eigenvalue weighted by Gasteiger charge is 2.10. The first-order chi connectivity index (χ1) is 6.16. The first-order valence-corrected chi connectivity index (χ1v) is 5.23. The second kappa shape index (κ2) is 3.19. The van der Waals surface area contributed by atoms with Gasteiger partial charge in [0.05, 0.1) is 11.3 Å². The fourth-order valence-electron chi connectivity index (χ4n) is 1.12. The molecule has 6 heteroatoms. The van der Waals surface area contributed by atoms with E-state index in [0.717, 1.165) is 16.3 Å². The summed E-state index contributed by atoms with van der Waals surface area (Å²) in [5.74, 6) is 0. The second-order valence-corrected chi connectivity index (χ2v) is 4.13. The van der Waals surface area contributed by atoms with Crippen molar-refractivity contribution < 1.29 is 0 Å². The van der Waals surface area contributed by atoms with Crippen LogP contribution in [0, 0.1) is 6.92 Å². The molecule has 68 valence electrons. The van der Waals surface area contributed by atoms with E-state index in [2.05, 4.69) is 30.4 Å². The smallest absolute Gasteiger partial charge is 0.209 e. The molecule has 0 aliphatic carbocycles. The highest BCUT2D eigenvalue weighted by molar-refractivity contribution is 9.10. The summed E-state index contributed by atoms with van der Waals surface area (Å²) in [5.41, 5.74) is 2.02. The minimum absolute atomic E-state index is 0.635. The molecule has 0 atom stereocenters. The van der Waals surface area contributed by atoms with E-state index in [1.54, 1.807) is 4.68 Å². The van der Waals surface area contributed by atoms with Gasteiger partial charge in [-0.2, -0.15) is 9.47 Å². The van der Waals surface area contributed by atoms with Crippen molar-refractivity contribution in [2.45, 2.75) is 6.92 Å². The average Bonchev–Trinajstić information content (AvgIpc) is 2.58. The van der Waals surface area contributed by atoms with E-state index in [-0.39, 0.29) is 0 Å². The quantitative estimate of drug-likeness (QED) is 0.786. The Morgan fingerprint density at radius 3 is 2.77 bits per heavy atom. The van der Waals surface area contributed by atoms with Crippen LogP contribution in [-0.2, 0) is 7.05 Å². The van der Waals surface area contributed by atoms with E-state index in [9.17, 15) is 0 Å². The van der Waals surface area contributed by atoms with Gasteiger partial charge in [-0.15, -0.1) is 0 Å². The number of aromatic nitrogens is 4. The van der Waals surface area contributed by atoms with Crippen LogP contribution in [0.2, 0.25) is 0 Å². The number of hydrogen-bond donors (Lipinski definition) is 0. The first kappa shape index (κ1) is 8.83. The lowest BCUT2D eigenvalue weighted by atomic mass is 10.3. The zero-order valence-electron chi connectivity index (χ0n) is 7.15. The minimum Gasteiger partial charge on any atom is -0.275 e. The molecule has 0 amide bonds. The molecule has 0 spiro atoms. The van der Waals surface area contributed by atoms with Gasteiger partial charge in [0.15, 0.2) is 0 Å². The van der Waals surface area contributed by atoms with E-state index < -0.39 is 0 Å². The predicted molar refractivity (Wildman–Crippen MR) is 54.5 cm³/mol. The molecule has 0 bridgehead atoms. The molecule has 0 aliphatic heterocycles. The van der Waals surface area contributed by atoms with Crippen molar-refractivity contribution in [3.63, 3.8) is 0 Å². The third-order valence-electron chi connectivity index (χ3n) is 1.65. The van der Waals surface area contributed by atoms with Crippen molar-refractivity contribution in [2.24, 2.45) is 7.05 Å². The van der Waals surface area contributed by atoms with Crippen molar-refractivity contribution in [3.05, 3.63) is 16.6 Å². The van der Waals surface area contributed by atoms with Gasteiger partial charge in [0, 0.05) is 13.2 Å². The lowest BCUT2D eigenvalue weighted by Crippen LogP contribution is -1.86. The van der Waals surface area contributed by atoms with Crippen molar-refractivity contribution >= 4 is 27.5 Å². The molecule has 13 heavy (non-hydrogen) atoms. The highest BCUT2D eigenvalue weighted by Crippen LogP contribution is 2.25. The standard InChI is InChI=1S/C7H7BrN4S/c1-4-5(3-12(2)10-4)6-9-7(8)11-13-6/h3H,1-2H3. The number of aryl methyl sites for hydroxylation is 2. The Hall–Kier alpha value is -0.750. The largest absolute Gasteiger partial charge is 0.275 e. The summed E-state index contributed by atoms with van der Waals surface area (Å²) < 4.78 is 6.47. The topological polar surface area (TPSA) is 43.6 Å². The van der Waals surface area contributed by atoms with Gasteiger partial charge in [0.1, 0.15) is 5.01 Å². The summed E-state index contributed by atoms with van der Waals surface area (Å²) in [6.45, 7) is 1.96. The van der Waals surface area contributed by atoms with Crippen molar-refractivity contribution in [1.29, 1.82) is 0 Å². The average molecular weight is 259 g/mol. The maximum atomic E-state index is 4.24. The fraction of sp³-hybridized carbons (Fsp3) is 0.286. The van der Waals surface area contributed by atoms with Crippen LogP contribution in [0.3, 0.4) is 0 Å². The summed E-state index contributed by atoms with van der Waals surface area (Å²) in [6.07, 6.45) is 1.95. The molecule has 0 N–H and O–H groups in total. The van der Waals surface area contributed by atoms with E-state index >= 15 is 0 Å². The summed E-state index contributed by atoms with van der Waals surface area (Å²) in [5, 5.41) is 5.14. The molecular formula is C7H7BrN4S. The monoisotopic (exact) mass is 258 g/mol. The van der Waals surface area contributed by atoms with E-state index in [1.807, 2.05) is 20.2 Å². The Morgan fingerprint density at radius 1 is 1.54 bits per heavy atom. The molecule has 2 aromatic heterocycles. The zero-order valence-corrected chi connectivity index (χ0v) is 9.55. The molecule has 0 aliphatic rings. The van der Waals surface area contributed by atoms with Gasteiger partial charge in [-0.05, 0) is 34.4 Å². The van der Waals surface area contributed by atoms with E-state index in [0.29, 0.717) is 4.73 Å². The summed E-state index contributed by atoms with van der Waals surface area (Å²) in [7, 11) is 1.90. The second-order valence-electron chi connectivity index (χ2n) is 2.67. The third kappa shape index (κ3) is 1.64. The van der Waals surface area contributed by atoms with Gasteiger partial charge in [-0.1, -0.05) is 0 Å². The van der Waals surface area contributed by atoms with Crippen LogP contribution in [0.1, 0.15) is 5.69 Å². The van der Waals surface area contributed by atoms with Crippen LogP contribution < -0.4 is 0 Å². The number of hydrogen-bond acceptors (Lipinski definition) is 4. The predicted octanol–water partition coefficient (Wildman–Crippen LogP) is 2.01. The van der Waals surface area contributed by atoms with Gasteiger partial charge >= 0.3 is 0 Å². The number of halogens is 1. The highest BCUT2D eigenvalue weighted by atomic mass is 79.9. The number of nitrogens with zero attached hydrogens (tertiary/aromatic N) is 4. The summed E-state index contributed by atoms with van der Waals surface area (Å²) >= 11 is 4.59. The van der Waals surface area contributed by atoms with Gasteiger partial charge in [0.2, 0.25) is 4.73 Å². The zero-order chi connectivity index (χ0) is 9.42. The SMILES string of the molecule is Cc1nn(C)cc1-c1nc(Br)ns1. The molecular weight excluding hydrogens is 252 g/mol. The maximum absolute atomic E-state index is 4.24. The van der Waals surface area contributed by atoms with Gasteiger partial charge in [0.25, 0.3) is 0 Å². The molecule has 0 saturated carbocycles. The van der Waals surface area contributed by atoms with Crippen molar-refractivity contribution in [2.75, 3.05) is 0 Å². The Balaban J connectivity index is 2.51. The molecule has 0 saturated heterocycles. The molecule has 2 heterocycles. The lowest BCUT2D eigenvalue weighted by Gasteiger charge is -1.87. The number of rotatable bonds is 1. The summed E-state index contributed by atoms with van der Waals surface area (Å²) in [4.78, 5) is 4.23. The molecule has 2 aromatic rings. The first-order valence-electron chi connectivity index (χ1n) is 3.66. The fourth-order valence-corrected chi connectivity index (χ4v) is 2.27. The van der Waals surface area contributed by atoms with Crippen LogP contribution in [0.25, 0.3) is 10.6 Å². The Labute approximate surface area is 87.9 Å². The lowest BCUT2D eigenvalue weighted by molar-refractivity contribution is 0.756. The Bertz CT molecular complexity index is 433. The van der Waals surface area contributed by atoms with Crippen LogP contribution in [-0.4, -0.2) is 19.1 Å². The molecule has 0 unspecified atom stereocenters. The molecule has 0 aromatic carbocycles. The summed E-state index contributed by atoms with van der Waals surface area (Å²) in [6, 6.07) is 0. The molecule has 4 nitrogen and oxygen atoms in total. The van der Waals surface area contributed by atoms with Gasteiger partial charge in [-0.25, -0.2) is 4.98 Å². The van der Waals surface area contributed by atoms with Crippen LogP contribution in [0.5, 0.6) is 0 Å². The Kier molecular flexibility index (Phi) is 2.17. The van der Waals surface area contributed by atoms with E-state index in [1.165, 1.54) is 11.5 Å². The minimum atomic E-state index is 0.635. The third-order valence-corrected chi connectivity index (χ3v) is 2.98. The molecule has 2 rings (SSSR count). The Morgan fingerprint density at radius 2 is 2.31 bits per heavy atom. The maximum Gasteiger partial charge on any atom is 0.209 e. The van der Waals surface area contributed by atoms with Crippen LogP contribution in [0.4, 0.5) is 0 Å². The van der Waals surface area contributed by atoms with Crippen LogP contribution >= 0.6 is 27.5 Å². The molecule has 0 radical (unpaired) electrons. The molecule has 0 fully saturated rings. The van der Waals surface area contributed by atoms with Crippen molar-refractivity contribution in [3.8, 4) is 10.6 Å². The van der Waals surface area contributed by atoms with E-state index in [4.69, 9.17) is 0 Å². The van der Waals surface area contributed by atoms with Gasteiger partial charge in [-0.3, -0.25) is 4.68 Å². The van der Waals surface area contributed by atoms with Crippen LogP contribution in [0.15, 0.2) is 10.9 Å².